The number of carbonyl (C=O) groups is 1. The maximum absolute atomic E-state index is 11.8. The second-order valence-electron chi connectivity index (χ2n) is 5.42. The Morgan fingerprint density at radius 1 is 0.870 bits per heavy atom. The Morgan fingerprint density at radius 3 is 1.96 bits per heavy atom. The molecule has 0 fully saturated rings. The van der Waals surface area contributed by atoms with E-state index >= 15 is 0 Å². The van der Waals surface area contributed by atoms with Crippen LogP contribution >= 0.6 is 0 Å². The number of benzene rings is 2. The Hall–Kier alpha value is -2.21. The van der Waals surface area contributed by atoms with Crippen molar-refractivity contribution in [2.45, 2.75) is 25.0 Å². The number of aliphatic hydroxyl groups is 2. The van der Waals surface area contributed by atoms with Gasteiger partial charge in [-0.3, -0.25) is 10.2 Å². The van der Waals surface area contributed by atoms with Crippen LogP contribution in [0.3, 0.4) is 0 Å². The van der Waals surface area contributed by atoms with Crippen molar-refractivity contribution in [3.8, 4) is 0 Å². The van der Waals surface area contributed by atoms with Gasteiger partial charge in [-0.1, -0.05) is 60.7 Å². The molecule has 122 valence electrons. The van der Waals surface area contributed by atoms with Gasteiger partial charge in [0.15, 0.2) is 0 Å². The van der Waals surface area contributed by atoms with E-state index in [0.29, 0.717) is 6.42 Å². The summed E-state index contributed by atoms with van der Waals surface area (Å²) in [5, 5.41) is 19.8. The molecular weight excluding hydrogens is 292 g/mol. The monoisotopic (exact) mass is 314 g/mol. The molecule has 0 saturated carbocycles. The number of hydrogen-bond donors (Lipinski definition) is 4. The topological polar surface area (TPSA) is 81.6 Å². The maximum Gasteiger partial charge on any atom is 0.263 e. The second kappa shape index (κ2) is 9.05. The van der Waals surface area contributed by atoms with E-state index in [1.165, 1.54) is 0 Å². The third-order valence-corrected chi connectivity index (χ3v) is 3.44. The molecule has 5 nitrogen and oxygen atoms in total. The lowest BCUT2D eigenvalue weighted by Crippen LogP contribution is -2.47. The SMILES string of the molecule is O=C(NNC[C@@H](O)Cc1ccccc1)[C@@H](O)Cc1ccccc1. The number of carbonyl (C=O) groups excluding carboxylic acids is 1. The van der Waals surface area contributed by atoms with E-state index < -0.39 is 18.1 Å². The lowest BCUT2D eigenvalue weighted by molar-refractivity contribution is -0.130. The predicted octanol–water partition coefficient (Wildman–Crippen LogP) is 0.814. The highest BCUT2D eigenvalue weighted by molar-refractivity contribution is 5.80. The molecule has 23 heavy (non-hydrogen) atoms. The summed E-state index contributed by atoms with van der Waals surface area (Å²) in [4.78, 5) is 11.8. The van der Waals surface area contributed by atoms with Gasteiger partial charge in [-0.25, -0.2) is 5.43 Å². The molecule has 0 unspecified atom stereocenters. The van der Waals surface area contributed by atoms with Crippen LogP contribution in [0.25, 0.3) is 0 Å². The third kappa shape index (κ3) is 6.20. The third-order valence-electron chi connectivity index (χ3n) is 3.44. The van der Waals surface area contributed by atoms with Crippen molar-refractivity contribution in [3.63, 3.8) is 0 Å². The highest BCUT2D eigenvalue weighted by atomic mass is 16.3. The zero-order valence-corrected chi connectivity index (χ0v) is 12.9. The van der Waals surface area contributed by atoms with E-state index in [2.05, 4.69) is 10.9 Å². The number of hydrazine groups is 1. The van der Waals surface area contributed by atoms with E-state index in [4.69, 9.17) is 0 Å². The summed E-state index contributed by atoms with van der Waals surface area (Å²) in [6.45, 7) is 0.207. The fourth-order valence-corrected chi connectivity index (χ4v) is 2.23. The van der Waals surface area contributed by atoms with Gasteiger partial charge in [-0.05, 0) is 17.5 Å². The minimum atomic E-state index is -1.13. The molecule has 2 rings (SSSR count). The molecule has 0 radical (unpaired) electrons. The molecule has 0 aliphatic rings. The number of nitrogens with one attached hydrogen (secondary N) is 2. The van der Waals surface area contributed by atoms with Gasteiger partial charge in [-0.2, -0.15) is 0 Å². The molecule has 0 saturated heterocycles. The highest BCUT2D eigenvalue weighted by Gasteiger charge is 2.15. The summed E-state index contributed by atoms with van der Waals surface area (Å²) in [6.07, 6.45) is -1.00. The van der Waals surface area contributed by atoms with Crippen LogP contribution in [0, 0.1) is 0 Å². The first kappa shape index (κ1) is 17.1. The first-order chi connectivity index (χ1) is 11.1. The van der Waals surface area contributed by atoms with Crippen LogP contribution in [-0.4, -0.2) is 34.9 Å². The van der Waals surface area contributed by atoms with Gasteiger partial charge >= 0.3 is 0 Å². The van der Waals surface area contributed by atoms with Crippen LogP contribution in [0.2, 0.25) is 0 Å². The molecule has 0 heterocycles. The van der Waals surface area contributed by atoms with Gasteiger partial charge in [-0.15, -0.1) is 0 Å². The van der Waals surface area contributed by atoms with Crippen molar-refractivity contribution in [2.24, 2.45) is 0 Å². The zero-order chi connectivity index (χ0) is 16.5. The Morgan fingerprint density at radius 2 is 1.39 bits per heavy atom. The average Bonchev–Trinajstić information content (AvgIpc) is 2.56. The van der Waals surface area contributed by atoms with Crippen LogP contribution in [0.15, 0.2) is 60.7 Å². The quantitative estimate of drug-likeness (QED) is 0.544. The highest BCUT2D eigenvalue weighted by Crippen LogP contribution is 2.03. The van der Waals surface area contributed by atoms with Gasteiger partial charge in [0, 0.05) is 13.0 Å². The van der Waals surface area contributed by atoms with Crippen molar-refractivity contribution in [2.75, 3.05) is 6.54 Å². The van der Waals surface area contributed by atoms with Crippen molar-refractivity contribution in [1.82, 2.24) is 10.9 Å². The standard InChI is InChI=1S/C18H22N2O3/c21-16(11-14-7-3-1-4-8-14)13-19-20-18(23)17(22)12-15-9-5-2-6-10-15/h1-10,16-17,19,21-22H,11-13H2,(H,20,23)/t16-,17-/m0/s1. The van der Waals surface area contributed by atoms with Crippen LogP contribution in [0.1, 0.15) is 11.1 Å². The molecule has 0 spiro atoms. The van der Waals surface area contributed by atoms with E-state index in [1.54, 1.807) is 0 Å². The van der Waals surface area contributed by atoms with Crippen molar-refractivity contribution < 1.29 is 15.0 Å². The van der Waals surface area contributed by atoms with Crippen LogP contribution in [0.4, 0.5) is 0 Å². The van der Waals surface area contributed by atoms with Gasteiger partial charge in [0.05, 0.1) is 6.10 Å². The van der Waals surface area contributed by atoms with E-state index in [0.717, 1.165) is 11.1 Å². The molecule has 2 aromatic rings. The van der Waals surface area contributed by atoms with Crippen molar-refractivity contribution in [3.05, 3.63) is 71.8 Å². The fourth-order valence-electron chi connectivity index (χ4n) is 2.23. The number of amides is 1. The average molecular weight is 314 g/mol. The summed E-state index contributed by atoms with van der Waals surface area (Å²) in [7, 11) is 0. The first-order valence-electron chi connectivity index (χ1n) is 7.62. The van der Waals surface area contributed by atoms with Crippen molar-refractivity contribution in [1.29, 1.82) is 0 Å². The molecule has 5 heteroatoms. The Balaban J connectivity index is 1.67. The van der Waals surface area contributed by atoms with E-state index in [1.807, 2.05) is 60.7 Å². The summed E-state index contributed by atoms with van der Waals surface area (Å²) in [5.74, 6) is -0.513. The minimum absolute atomic E-state index is 0.207. The van der Waals surface area contributed by atoms with Gasteiger partial charge < -0.3 is 10.2 Å². The smallest absolute Gasteiger partial charge is 0.263 e. The molecule has 0 aliphatic heterocycles. The fraction of sp³-hybridized carbons (Fsp3) is 0.278. The molecule has 2 atom stereocenters. The van der Waals surface area contributed by atoms with Gasteiger partial charge in [0.1, 0.15) is 6.10 Å². The van der Waals surface area contributed by atoms with Crippen LogP contribution < -0.4 is 10.9 Å². The number of rotatable bonds is 8. The first-order valence-corrected chi connectivity index (χ1v) is 7.62. The molecule has 2 aromatic carbocycles. The Labute approximate surface area is 135 Å². The van der Waals surface area contributed by atoms with E-state index in [9.17, 15) is 15.0 Å². The number of aliphatic hydroxyl groups excluding tert-OH is 2. The van der Waals surface area contributed by atoms with Gasteiger partial charge in [0.2, 0.25) is 0 Å². The normalized spacial score (nSPS) is 13.3. The van der Waals surface area contributed by atoms with E-state index in [-0.39, 0.29) is 13.0 Å². The van der Waals surface area contributed by atoms with Crippen molar-refractivity contribution >= 4 is 5.91 Å². The second-order valence-corrected chi connectivity index (χ2v) is 5.42. The van der Waals surface area contributed by atoms with Crippen LogP contribution in [0.5, 0.6) is 0 Å². The summed E-state index contributed by atoms with van der Waals surface area (Å²) in [5.41, 5.74) is 7.00. The zero-order valence-electron chi connectivity index (χ0n) is 12.9. The molecule has 0 bridgehead atoms. The Kier molecular flexibility index (Phi) is 6.75. The van der Waals surface area contributed by atoms with Gasteiger partial charge in [0.25, 0.3) is 5.91 Å². The molecular formula is C18H22N2O3. The molecule has 0 aliphatic carbocycles. The lowest BCUT2D eigenvalue weighted by Gasteiger charge is -2.15. The Bertz CT molecular complexity index is 590. The lowest BCUT2D eigenvalue weighted by atomic mass is 10.1. The minimum Gasteiger partial charge on any atom is -0.391 e. The molecule has 1 amide bonds. The predicted molar refractivity (Wildman–Crippen MR) is 88.5 cm³/mol. The number of hydrogen-bond acceptors (Lipinski definition) is 4. The molecule has 4 N–H and O–H groups in total. The summed E-state index contributed by atoms with van der Waals surface area (Å²) < 4.78 is 0. The maximum atomic E-state index is 11.8. The molecule has 0 aromatic heterocycles. The van der Waals surface area contributed by atoms with Crippen LogP contribution in [-0.2, 0) is 17.6 Å². The summed E-state index contributed by atoms with van der Waals surface area (Å²) >= 11 is 0. The summed E-state index contributed by atoms with van der Waals surface area (Å²) in [6, 6.07) is 18.9. The largest absolute Gasteiger partial charge is 0.391 e.